The van der Waals surface area contributed by atoms with Crippen molar-refractivity contribution in [2.75, 3.05) is 0 Å². The topological polar surface area (TPSA) is 150 Å². The van der Waals surface area contributed by atoms with Crippen LogP contribution < -0.4 is 0 Å². The number of nitro groups is 3. The van der Waals surface area contributed by atoms with Crippen molar-refractivity contribution in [1.29, 1.82) is 0 Å². The summed E-state index contributed by atoms with van der Waals surface area (Å²) in [5.74, 6) is 0. The highest BCUT2D eigenvalue weighted by molar-refractivity contribution is 5.23. The van der Waals surface area contributed by atoms with Crippen LogP contribution in [-0.2, 0) is 0 Å². The van der Waals surface area contributed by atoms with Crippen molar-refractivity contribution >= 4 is 0 Å². The first-order valence-electron chi connectivity index (χ1n) is 3.85. The van der Waals surface area contributed by atoms with Crippen LogP contribution in [0, 0.1) is 30.3 Å². The molecule has 1 atom stereocenters. The van der Waals surface area contributed by atoms with Gasteiger partial charge in [-0.15, -0.1) is 0 Å². The fraction of sp³-hybridized carbons (Fsp3) is 0.333. The quantitative estimate of drug-likeness (QED) is 0.397. The van der Waals surface area contributed by atoms with E-state index in [-0.39, 0.29) is 0 Å². The first-order chi connectivity index (χ1) is 7.26. The molecule has 0 amide bonds. The molecule has 0 heterocycles. The Labute approximate surface area is 86.9 Å². The lowest BCUT2D eigenvalue weighted by molar-refractivity contribution is -0.614. The molecule has 16 heavy (non-hydrogen) atoms. The highest BCUT2D eigenvalue weighted by Gasteiger charge is 2.48. The maximum atomic E-state index is 10.5. The summed E-state index contributed by atoms with van der Waals surface area (Å²) in [6.07, 6.45) is 0.0440. The van der Waals surface area contributed by atoms with Gasteiger partial charge in [0.2, 0.25) is 0 Å². The number of allylic oxidation sites excluding steroid dienone is 1. The zero-order valence-electron chi connectivity index (χ0n) is 7.60. The van der Waals surface area contributed by atoms with Gasteiger partial charge in [-0.1, -0.05) is 0 Å². The molecule has 1 unspecified atom stereocenters. The molecule has 0 bridgehead atoms. The monoisotopic (exact) mass is 231 g/mol. The van der Waals surface area contributed by atoms with E-state index in [1.807, 2.05) is 0 Å². The first kappa shape index (κ1) is 11.7. The van der Waals surface area contributed by atoms with E-state index < -0.39 is 38.3 Å². The molecule has 0 saturated carbocycles. The largest absolute Gasteiger partial charge is 0.359 e. The van der Waals surface area contributed by atoms with Crippen molar-refractivity contribution in [3.63, 3.8) is 0 Å². The summed E-state index contributed by atoms with van der Waals surface area (Å²) in [6, 6.07) is 0. The molecule has 0 spiro atoms. The lowest BCUT2D eigenvalue weighted by Crippen LogP contribution is -2.39. The Bertz CT molecular complexity index is 439. The van der Waals surface area contributed by atoms with Crippen LogP contribution in [0.5, 0.6) is 0 Å². The average molecular weight is 231 g/mol. The smallest absolute Gasteiger partial charge is 0.327 e. The lowest BCUT2D eigenvalue weighted by atomic mass is 10.0. The Balaban J connectivity index is 3.25. The molecule has 0 radical (unpaired) electrons. The summed E-state index contributed by atoms with van der Waals surface area (Å²) in [5, 5.41) is 40.6. The minimum absolute atomic E-state index is 0.375. The Morgan fingerprint density at radius 1 is 1.19 bits per heavy atom. The van der Waals surface area contributed by atoms with Crippen LogP contribution in [0.4, 0.5) is 0 Å². The predicted molar refractivity (Wildman–Crippen MR) is 46.7 cm³/mol. The van der Waals surface area contributed by atoms with Crippen molar-refractivity contribution in [3.05, 3.63) is 53.9 Å². The molecule has 1 aliphatic rings. The molecule has 0 aliphatic heterocycles. The molecule has 10 nitrogen and oxygen atoms in total. The van der Waals surface area contributed by atoms with Gasteiger partial charge in [0, 0.05) is 0 Å². The normalized spacial score (nSPS) is 24.3. The minimum atomic E-state index is -2.81. The lowest BCUT2D eigenvalue weighted by Gasteiger charge is -2.15. The van der Waals surface area contributed by atoms with Crippen molar-refractivity contribution in [1.82, 2.24) is 0 Å². The molecular weight excluding hydrogens is 226 g/mol. The van der Waals surface area contributed by atoms with E-state index in [9.17, 15) is 35.4 Å². The molecule has 10 heteroatoms. The Hall–Kier alpha value is -2.36. The number of rotatable bonds is 3. The van der Waals surface area contributed by atoms with Crippen molar-refractivity contribution in [2.45, 2.75) is 12.1 Å². The highest BCUT2D eigenvalue weighted by Crippen LogP contribution is 2.27. The summed E-state index contributed by atoms with van der Waals surface area (Å²) in [6.45, 7) is 0. The second kappa shape index (κ2) is 3.66. The second-order valence-electron chi connectivity index (χ2n) is 3.03. The van der Waals surface area contributed by atoms with Crippen molar-refractivity contribution < 1.29 is 19.9 Å². The highest BCUT2D eigenvalue weighted by atomic mass is 16.7. The molecule has 0 aromatic rings. The van der Waals surface area contributed by atoms with Gasteiger partial charge in [-0.3, -0.25) is 30.3 Å². The molecule has 0 aromatic heterocycles. The molecule has 0 aromatic carbocycles. The van der Waals surface area contributed by atoms with E-state index in [0.29, 0.717) is 12.2 Å². The van der Waals surface area contributed by atoms with Crippen molar-refractivity contribution in [3.8, 4) is 0 Å². The molecule has 0 fully saturated rings. The minimum Gasteiger partial charge on any atom is -0.327 e. The SMILES string of the molecule is O=[N+]([O-])C1=CC(O)([N+](=O)[O-])CC([N+](=O)[O-])=C1. The van der Waals surface area contributed by atoms with Gasteiger partial charge in [0.1, 0.15) is 6.42 Å². The second-order valence-corrected chi connectivity index (χ2v) is 3.03. The molecular formula is C6H5N3O7. The van der Waals surface area contributed by atoms with E-state index in [2.05, 4.69) is 0 Å². The molecule has 0 saturated heterocycles. The third-order valence-electron chi connectivity index (χ3n) is 1.90. The van der Waals surface area contributed by atoms with Gasteiger partial charge in [-0.25, -0.2) is 0 Å². The summed E-state index contributed by atoms with van der Waals surface area (Å²) < 4.78 is 0. The summed E-state index contributed by atoms with van der Waals surface area (Å²) >= 11 is 0. The number of aliphatic hydroxyl groups is 1. The van der Waals surface area contributed by atoms with Crippen LogP contribution >= 0.6 is 0 Å². The van der Waals surface area contributed by atoms with Crippen LogP contribution in [0.15, 0.2) is 23.5 Å². The van der Waals surface area contributed by atoms with Gasteiger partial charge >= 0.3 is 5.72 Å². The molecule has 1 rings (SSSR count). The zero-order chi connectivity index (χ0) is 12.5. The van der Waals surface area contributed by atoms with Gasteiger partial charge in [-0.05, 0) is 0 Å². The van der Waals surface area contributed by atoms with E-state index >= 15 is 0 Å². The van der Waals surface area contributed by atoms with Gasteiger partial charge in [0.15, 0.2) is 0 Å². The van der Waals surface area contributed by atoms with E-state index in [1.54, 1.807) is 0 Å². The zero-order valence-corrected chi connectivity index (χ0v) is 7.60. The summed E-state index contributed by atoms with van der Waals surface area (Å²) in [7, 11) is 0. The first-order valence-corrected chi connectivity index (χ1v) is 3.85. The van der Waals surface area contributed by atoms with Crippen LogP contribution in [0.25, 0.3) is 0 Å². The Kier molecular flexibility index (Phi) is 2.68. The molecule has 1 aliphatic carbocycles. The van der Waals surface area contributed by atoms with Gasteiger partial charge in [-0.2, -0.15) is 0 Å². The third-order valence-corrected chi connectivity index (χ3v) is 1.90. The Morgan fingerprint density at radius 2 is 1.75 bits per heavy atom. The standard InChI is InChI=1S/C6H5N3O7/c10-6(9(15)16)2-4(7(11)12)1-5(3-6)8(13)14/h1-2,10H,3H2. The van der Waals surface area contributed by atoms with Crippen molar-refractivity contribution in [2.24, 2.45) is 0 Å². The van der Waals surface area contributed by atoms with Crippen LogP contribution in [0.3, 0.4) is 0 Å². The van der Waals surface area contributed by atoms with Gasteiger partial charge < -0.3 is 5.11 Å². The fourth-order valence-electron chi connectivity index (χ4n) is 1.16. The molecule has 1 N–H and O–H groups in total. The number of nitrogens with zero attached hydrogens (tertiary/aromatic N) is 3. The average Bonchev–Trinajstić information content (AvgIpc) is 2.16. The van der Waals surface area contributed by atoms with Gasteiger partial charge in [0.25, 0.3) is 11.4 Å². The predicted octanol–water partition coefficient (Wildman–Crippen LogP) is -0.323. The number of hydrogen-bond acceptors (Lipinski definition) is 7. The third kappa shape index (κ3) is 2.00. The van der Waals surface area contributed by atoms with E-state index in [0.717, 1.165) is 0 Å². The van der Waals surface area contributed by atoms with Crippen LogP contribution in [-0.4, -0.2) is 25.6 Å². The van der Waals surface area contributed by atoms with Gasteiger partial charge in [0.05, 0.1) is 26.9 Å². The summed E-state index contributed by atoms with van der Waals surface area (Å²) in [4.78, 5) is 27.9. The van der Waals surface area contributed by atoms with E-state index in [1.165, 1.54) is 0 Å². The maximum absolute atomic E-state index is 10.5. The summed E-state index contributed by atoms with van der Waals surface area (Å²) in [5.41, 5.74) is -4.47. The van der Waals surface area contributed by atoms with Crippen LogP contribution in [0.2, 0.25) is 0 Å². The fourth-order valence-corrected chi connectivity index (χ4v) is 1.16. The molecule has 86 valence electrons. The Morgan fingerprint density at radius 3 is 2.12 bits per heavy atom. The number of hydrogen-bond donors (Lipinski definition) is 1. The van der Waals surface area contributed by atoms with Crippen LogP contribution in [0.1, 0.15) is 6.42 Å². The van der Waals surface area contributed by atoms with E-state index in [4.69, 9.17) is 0 Å². The maximum Gasteiger partial charge on any atom is 0.359 e.